The average molecular weight is 184 g/mol. The highest BCUT2D eigenvalue weighted by Gasteiger charge is 2.43. The van der Waals surface area contributed by atoms with Crippen LogP contribution in [0.4, 0.5) is 0 Å². The molecule has 0 saturated carbocycles. The second-order valence-corrected chi connectivity index (χ2v) is 5.14. The molecule has 0 N–H and O–H groups in total. The van der Waals surface area contributed by atoms with Crippen molar-refractivity contribution in [3.63, 3.8) is 0 Å². The highest BCUT2D eigenvalue weighted by Crippen LogP contribution is 2.42. The van der Waals surface area contributed by atoms with Crippen LogP contribution in [-0.4, -0.2) is 12.6 Å². The molecule has 0 aromatic heterocycles. The Bertz CT molecular complexity index is 208. The van der Waals surface area contributed by atoms with Crippen molar-refractivity contribution in [2.45, 2.75) is 47.0 Å². The first kappa shape index (κ1) is 10.6. The monoisotopic (exact) mass is 184 g/mol. The first-order chi connectivity index (χ1) is 5.90. The Hall–Kier alpha value is -0.530. The molecule has 2 heteroatoms. The van der Waals surface area contributed by atoms with E-state index in [1.54, 1.807) is 0 Å². The second kappa shape index (κ2) is 3.32. The smallest absolute Gasteiger partial charge is 0.311 e. The molecule has 1 rings (SSSR count). The lowest BCUT2D eigenvalue weighted by Crippen LogP contribution is -2.29. The van der Waals surface area contributed by atoms with Crippen LogP contribution in [0.1, 0.15) is 47.0 Å². The minimum absolute atomic E-state index is 0.00553. The van der Waals surface area contributed by atoms with Gasteiger partial charge in [0, 0.05) is 0 Å². The minimum Gasteiger partial charge on any atom is -0.465 e. The van der Waals surface area contributed by atoms with Gasteiger partial charge in [-0.3, -0.25) is 4.79 Å². The lowest BCUT2D eigenvalue weighted by atomic mass is 9.72. The molecule has 1 heterocycles. The van der Waals surface area contributed by atoms with Crippen LogP contribution in [0, 0.1) is 10.8 Å². The van der Waals surface area contributed by atoms with E-state index in [9.17, 15) is 4.79 Å². The zero-order chi connectivity index (χ0) is 10.1. The van der Waals surface area contributed by atoms with Gasteiger partial charge in [0.05, 0.1) is 12.0 Å². The normalized spacial score (nSPS) is 29.1. The zero-order valence-electron chi connectivity index (χ0n) is 9.14. The minimum atomic E-state index is -0.223. The predicted octanol–water partition coefficient (Wildman–Crippen LogP) is 2.77. The van der Waals surface area contributed by atoms with E-state index in [0.717, 1.165) is 19.3 Å². The van der Waals surface area contributed by atoms with Gasteiger partial charge in [-0.05, 0) is 25.2 Å². The third kappa shape index (κ3) is 2.23. The summed E-state index contributed by atoms with van der Waals surface area (Å²) in [6.07, 6.45) is 2.93. The van der Waals surface area contributed by atoms with Gasteiger partial charge in [-0.1, -0.05) is 27.2 Å². The van der Waals surface area contributed by atoms with Crippen molar-refractivity contribution in [3.05, 3.63) is 0 Å². The molecule has 0 bridgehead atoms. The molecule has 1 atom stereocenters. The summed E-state index contributed by atoms with van der Waals surface area (Å²) in [5.74, 6) is -0.00553. The number of ether oxygens (including phenoxy) is 1. The van der Waals surface area contributed by atoms with Gasteiger partial charge in [-0.2, -0.15) is 0 Å². The molecule has 13 heavy (non-hydrogen) atoms. The maximum atomic E-state index is 11.5. The summed E-state index contributed by atoms with van der Waals surface area (Å²) in [5.41, 5.74) is 0.0254. The van der Waals surface area contributed by atoms with Gasteiger partial charge in [0.1, 0.15) is 0 Å². The fourth-order valence-electron chi connectivity index (χ4n) is 1.99. The number of hydrogen-bond acceptors (Lipinski definition) is 2. The zero-order valence-corrected chi connectivity index (χ0v) is 9.14. The number of esters is 1. The molecule has 0 amide bonds. The van der Waals surface area contributed by atoms with E-state index in [4.69, 9.17) is 4.74 Å². The molecule has 2 nitrogen and oxygen atoms in total. The first-order valence-electron chi connectivity index (χ1n) is 5.07. The summed E-state index contributed by atoms with van der Waals surface area (Å²) in [6, 6.07) is 0. The number of cyclic esters (lactones) is 1. The third-order valence-electron chi connectivity index (χ3n) is 3.21. The van der Waals surface area contributed by atoms with Crippen LogP contribution in [0.25, 0.3) is 0 Å². The maximum Gasteiger partial charge on any atom is 0.311 e. The van der Waals surface area contributed by atoms with E-state index in [1.807, 2.05) is 6.92 Å². The summed E-state index contributed by atoms with van der Waals surface area (Å²) < 4.78 is 5.02. The van der Waals surface area contributed by atoms with Gasteiger partial charge in [0.2, 0.25) is 0 Å². The van der Waals surface area contributed by atoms with E-state index in [1.165, 1.54) is 0 Å². The Kier molecular flexibility index (Phi) is 2.69. The lowest BCUT2D eigenvalue weighted by Gasteiger charge is -2.30. The van der Waals surface area contributed by atoms with E-state index < -0.39 is 0 Å². The standard InChI is InChI=1S/C11H20O2/c1-5-10(2,3)8-11(4)6-7-13-9(11)12/h5-8H2,1-4H3. The fraction of sp³-hybridized carbons (Fsp3) is 0.909. The molecule has 0 radical (unpaired) electrons. The average Bonchev–Trinajstić information content (AvgIpc) is 2.31. The molecule has 1 saturated heterocycles. The van der Waals surface area contributed by atoms with Gasteiger partial charge in [-0.15, -0.1) is 0 Å². The Morgan fingerprint density at radius 1 is 1.54 bits per heavy atom. The number of hydrogen-bond donors (Lipinski definition) is 0. The first-order valence-corrected chi connectivity index (χ1v) is 5.07. The number of carbonyl (C=O) groups is 1. The van der Waals surface area contributed by atoms with Crippen molar-refractivity contribution >= 4 is 5.97 Å². The highest BCUT2D eigenvalue weighted by molar-refractivity contribution is 5.78. The van der Waals surface area contributed by atoms with Crippen molar-refractivity contribution in [2.24, 2.45) is 10.8 Å². The van der Waals surface area contributed by atoms with Crippen LogP contribution >= 0.6 is 0 Å². The van der Waals surface area contributed by atoms with E-state index >= 15 is 0 Å². The van der Waals surface area contributed by atoms with E-state index in [0.29, 0.717) is 6.61 Å². The lowest BCUT2D eigenvalue weighted by molar-refractivity contribution is -0.146. The van der Waals surface area contributed by atoms with Crippen molar-refractivity contribution in [2.75, 3.05) is 6.61 Å². The highest BCUT2D eigenvalue weighted by atomic mass is 16.5. The van der Waals surface area contributed by atoms with Crippen LogP contribution in [0.15, 0.2) is 0 Å². The van der Waals surface area contributed by atoms with Gasteiger partial charge in [0.15, 0.2) is 0 Å². The molecule has 0 aromatic rings. The molecule has 1 fully saturated rings. The second-order valence-electron chi connectivity index (χ2n) is 5.14. The van der Waals surface area contributed by atoms with Gasteiger partial charge < -0.3 is 4.74 Å². The van der Waals surface area contributed by atoms with Crippen molar-refractivity contribution in [3.8, 4) is 0 Å². The molecule has 76 valence electrons. The SMILES string of the molecule is CCC(C)(C)CC1(C)CCOC1=O. The molecule has 1 aliphatic rings. The summed E-state index contributed by atoms with van der Waals surface area (Å²) in [7, 11) is 0. The van der Waals surface area contributed by atoms with Crippen LogP contribution in [0.5, 0.6) is 0 Å². The van der Waals surface area contributed by atoms with Crippen molar-refractivity contribution < 1.29 is 9.53 Å². The van der Waals surface area contributed by atoms with Crippen LogP contribution in [0.3, 0.4) is 0 Å². The largest absolute Gasteiger partial charge is 0.465 e. The molecule has 0 aliphatic carbocycles. The fourth-order valence-corrected chi connectivity index (χ4v) is 1.99. The summed E-state index contributed by atoms with van der Waals surface area (Å²) in [4.78, 5) is 11.5. The molecular formula is C11H20O2. The number of rotatable bonds is 3. The topological polar surface area (TPSA) is 26.3 Å². The van der Waals surface area contributed by atoms with Crippen LogP contribution in [0.2, 0.25) is 0 Å². The molecule has 1 aliphatic heterocycles. The third-order valence-corrected chi connectivity index (χ3v) is 3.21. The van der Waals surface area contributed by atoms with Crippen molar-refractivity contribution in [1.82, 2.24) is 0 Å². The Labute approximate surface area is 80.7 Å². The van der Waals surface area contributed by atoms with E-state index in [2.05, 4.69) is 20.8 Å². The predicted molar refractivity (Wildman–Crippen MR) is 52.4 cm³/mol. The van der Waals surface area contributed by atoms with Crippen molar-refractivity contribution in [1.29, 1.82) is 0 Å². The summed E-state index contributed by atoms with van der Waals surface area (Å²) >= 11 is 0. The Morgan fingerprint density at radius 2 is 2.15 bits per heavy atom. The van der Waals surface area contributed by atoms with Gasteiger partial charge >= 0.3 is 5.97 Å². The van der Waals surface area contributed by atoms with E-state index in [-0.39, 0.29) is 16.8 Å². The molecule has 0 spiro atoms. The summed E-state index contributed by atoms with van der Waals surface area (Å²) in [6.45, 7) is 9.23. The maximum absolute atomic E-state index is 11.5. The Morgan fingerprint density at radius 3 is 2.54 bits per heavy atom. The quantitative estimate of drug-likeness (QED) is 0.630. The Balaban J connectivity index is 2.66. The molecule has 0 aromatic carbocycles. The summed E-state index contributed by atoms with van der Waals surface area (Å²) in [5, 5.41) is 0. The van der Waals surface area contributed by atoms with Crippen LogP contribution < -0.4 is 0 Å². The van der Waals surface area contributed by atoms with Crippen LogP contribution in [-0.2, 0) is 9.53 Å². The number of carbonyl (C=O) groups excluding carboxylic acids is 1. The molecule has 1 unspecified atom stereocenters. The molecular weight excluding hydrogens is 164 g/mol. The van der Waals surface area contributed by atoms with Gasteiger partial charge in [-0.25, -0.2) is 0 Å². The van der Waals surface area contributed by atoms with Gasteiger partial charge in [0.25, 0.3) is 0 Å².